The van der Waals surface area contributed by atoms with E-state index in [0.29, 0.717) is 11.8 Å². The zero-order valence-corrected chi connectivity index (χ0v) is 15.0. The van der Waals surface area contributed by atoms with Crippen molar-refractivity contribution < 1.29 is 0 Å². The third-order valence-electron chi connectivity index (χ3n) is 4.36. The van der Waals surface area contributed by atoms with Crippen molar-refractivity contribution >= 4 is 28.1 Å². The summed E-state index contributed by atoms with van der Waals surface area (Å²) >= 11 is 3.03. The van der Waals surface area contributed by atoms with Crippen LogP contribution in [0.25, 0.3) is 4.96 Å². The highest BCUT2D eigenvalue weighted by atomic mass is 32.2. The highest BCUT2D eigenvalue weighted by Gasteiger charge is 2.20. The van der Waals surface area contributed by atoms with Crippen molar-refractivity contribution in [2.75, 3.05) is 0 Å². The number of nitrogens with zero attached hydrogens (tertiary/aromatic N) is 6. The summed E-state index contributed by atoms with van der Waals surface area (Å²) in [5.74, 6) is 0.593. The van der Waals surface area contributed by atoms with Crippen molar-refractivity contribution in [1.29, 1.82) is 0 Å². The molecule has 3 aromatic heterocycles. The fourth-order valence-electron chi connectivity index (χ4n) is 3.15. The van der Waals surface area contributed by atoms with Gasteiger partial charge in [-0.25, -0.2) is 9.67 Å². The van der Waals surface area contributed by atoms with Crippen LogP contribution in [-0.4, -0.2) is 29.6 Å². The molecule has 1 saturated carbocycles. The highest BCUT2D eigenvalue weighted by molar-refractivity contribution is 7.98. The van der Waals surface area contributed by atoms with Gasteiger partial charge in [0.25, 0.3) is 5.56 Å². The SMILES string of the molecule is Cc1csc2nc(CSc3nnnn3C3CCCCC3)cc(=O)n12. The first-order chi connectivity index (χ1) is 11.7. The van der Waals surface area contributed by atoms with Gasteiger partial charge in [-0.05, 0) is 30.2 Å². The molecule has 7 nitrogen and oxygen atoms in total. The summed E-state index contributed by atoms with van der Waals surface area (Å²) in [6.07, 6.45) is 6.05. The number of hydrogen-bond donors (Lipinski definition) is 0. The van der Waals surface area contributed by atoms with Gasteiger partial charge in [0.2, 0.25) is 5.16 Å². The first-order valence-corrected chi connectivity index (χ1v) is 9.96. The molecule has 1 aliphatic carbocycles. The van der Waals surface area contributed by atoms with Crippen LogP contribution in [-0.2, 0) is 5.75 Å². The molecule has 0 N–H and O–H groups in total. The van der Waals surface area contributed by atoms with E-state index in [1.807, 2.05) is 17.0 Å². The molecule has 24 heavy (non-hydrogen) atoms. The predicted molar refractivity (Wildman–Crippen MR) is 93.6 cm³/mol. The Hall–Kier alpha value is -1.74. The number of tetrazole rings is 1. The van der Waals surface area contributed by atoms with Crippen molar-refractivity contribution in [3.05, 3.63) is 33.2 Å². The maximum absolute atomic E-state index is 12.2. The minimum atomic E-state index is -0.0266. The molecule has 9 heteroatoms. The molecule has 3 aromatic rings. The van der Waals surface area contributed by atoms with Crippen molar-refractivity contribution in [3.63, 3.8) is 0 Å². The van der Waals surface area contributed by atoms with Crippen LogP contribution < -0.4 is 5.56 Å². The van der Waals surface area contributed by atoms with Crippen LogP contribution in [0.3, 0.4) is 0 Å². The summed E-state index contributed by atoms with van der Waals surface area (Å²) in [4.78, 5) is 17.6. The summed E-state index contributed by atoms with van der Waals surface area (Å²) < 4.78 is 3.59. The summed E-state index contributed by atoms with van der Waals surface area (Å²) in [5.41, 5.74) is 1.67. The fourth-order valence-corrected chi connectivity index (χ4v) is 4.88. The largest absolute Gasteiger partial charge is 0.269 e. The van der Waals surface area contributed by atoms with Gasteiger partial charge in [-0.3, -0.25) is 9.20 Å². The molecule has 0 unspecified atom stereocenters. The summed E-state index contributed by atoms with van der Waals surface area (Å²) in [7, 11) is 0. The molecule has 0 saturated heterocycles. The molecule has 0 radical (unpaired) electrons. The molecule has 3 heterocycles. The van der Waals surface area contributed by atoms with E-state index in [1.54, 1.807) is 22.2 Å². The minimum absolute atomic E-state index is 0.0266. The number of thiazole rings is 1. The number of aromatic nitrogens is 6. The molecule has 0 bridgehead atoms. The van der Waals surface area contributed by atoms with Crippen molar-refractivity contribution in [1.82, 2.24) is 29.6 Å². The second kappa shape index (κ2) is 6.64. The zero-order valence-electron chi connectivity index (χ0n) is 13.4. The first kappa shape index (κ1) is 15.8. The molecule has 126 valence electrons. The Balaban J connectivity index is 1.53. The van der Waals surface area contributed by atoms with Gasteiger partial charge in [-0.15, -0.1) is 16.4 Å². The fraction of sp³-hybridized carbons (Fsp3) is 0.533. The van der Waals surface area contributed by atoms with Gasteiger partial charge in [0.05, 0.1) is 11.7 Å². The van der Waals surface area contributed by atoms with E-state index in [1.165, 1.54) is 30.6 Å². The quantitative estimate of drug-likeness (QED) is 0.664. The Morgan fingerprint density at radius 2 is 2.17 bits per heavy atom. The Labute approximate surface area is 147 Å². The van der Waals surface area contributed by atoms with Gasteiger partial charge in [-0.2, -0.15) is 0 Å². The van der Waals surface area contributed by atoms with E-state index >= 15 is 0 Å². The molecule has 0 amide bonds. The monoisotopic (exact) mass is 362 g/mol. The van der Waals surface area contributed by atoms with Gasteiger partial charge >= 0.3 is 0 Å². The van der Waals surface area contributed by atoms with E-state index < -0.39 is 0 Å². The average molecular weight is 362 g/mol. The average Bonchev–Trinajstić information content (AvgIpc) is 3.21. The van der Waals surface area contributed by atoms with Gasteiger partial charge in [0.1, 0.15) is 0 Å². The lowest BCUT2D eigenvalue weighted by molar-refractivity contribution is 0.307. The van der Waals surface area contributed by atoms with Gasteiger partial charge in [0.15, 0.2) is 4.96 Å². The molecule has 1 aliphatic rings. The van der Waals surface area contributed by atoms with Crippen LogP contribution in [0.5, 0.6) is 0 Å². The standard InChI is InChI=1S/C15H18N6OS2/c1-10-8-23-14-16-11(7-13(22)20(10)14)9-24-15-17-18-19-21(15)12-5-3-2-4-6-12/h7-8,12H,2-6,9H2,1H3. The Morgan fingerprint density at radius 1 is 1.33 bits per heavy atom. The zero-order chi connectivity index (χ0) is 16.5. The predicted octanol–water partition coefficient (Wildman–Crippen LogP) is 2.85. The second-order valence-electron chi connectivity index (χ2n) is 6.07. The van der Waals surface area contributed by atoms with Crippen LogP contribution in [0.4, 0.5) is 0 Å². The van der Waals surface area contributed by atoms with Crippen LogP contribution in [0.2, 0.25) is 0 Å². The molecule has 4 rings (SSSR count). The van der Waals surface area contributed by atoms with E-state index in [9.17, 15) is 4.79 Å². The minimum Gasteiger partial charge on any atom is -0.269 e. The Morgan fingerprint density at radius 3 is 3.00 bits per heavy atom. The molecule has 0 aliphatic heterocycles. The van der Waals surface area contributed by atoms with Crippen LogP contribution in [0, 0.1) is 6.92 Å². The van der Waals surface area contributed by atoms with E-state index in [4.69, 9.17) is 0 Å². The number of fused-ring (bicyclic) bond motifs is 1. The van der Waals surface area contributed by atoms with Crippen molar-refractivity contribution in [2.45, 2.75) is 56.0 Å². The van der Waals surface area contributed by atoms with Crippen molar-refractivity contribution in [2.24, 2.45) is 0 Å². The van der Waals surface area contributed by atoms with E-state index in [-0.39, 0.29) is 5.56 Å². The van der Waals surface area contributed by atoms with Crippen LogP contribution >= 0.6 is 23.1 Å². The maximum Gasteiger partial charge on any atom is 0.258 e. The molecule has 1 fully saturated rings. The summed E-state index contributed by atoms with van der Waals surface area (Å²) in [5, 5.41) is 14.9. The molecular weight excluding hydrogens is 344 g/mol. The van der Waals surface area contributed by atoms with Gasteiger partial charge in [0, 0.05) is 22.9 Å². The first-order valence-electron chi connectivity index (χ1n) is 8.10. The third kappa shape index (κ3) is 2.98. The lowest BCUT2D eigenvalue weighted by atomic mass is 9.96. The normalized spacial score (nSPS) is 16.0. The smallest absolute Gasteiger partial charge is 0.258 e. The molecular formula is C15H18N6OS2. The summed E-state index contributed by atoms with van der Waals surface area (Å²) in [6, 6.07) is 2.01. The third-order valence-corrected chi connectivity index (χ3v) is 6.27. The number of thioether (sulfide) groups is 1. The number of aryl methyl sites for hydroxylation is 1. The van der Waals surface area contributed by atoms with Gasteiger partial charge in [-0.1, -0.05) is 31.0 Å². The molecule has 0 aromatic carbocycles. The number of hydrogen-bond acceptors (Lipinski definition) is 7. The van der Waals surface area contributed by atoms with Crippen molar-refractivity contribution in [3.8, 4) is 0 Å². The lowest BCUT2D eigenvalue weighted by Crippen LogP contribution is -2.16. The number of rotatable bonds is 4. The Kier molecular flexibility index (Phi) is 4.36. The molecule has 0 atom stereocenters. The molecule has 0 spiro atoms. The maximum atomic E-state index is 12.2. The van der Waals surface area contributed by atoms with E-state index in [2.05, 4.69) is 20.5 Å². The van der Waals surface area contributed by atoms with E-state index in [0.717, 1.165) is 34.3 Å². The second-order valence-corrected chi connectivity index (χ2v) is 7.85. The summed E-state index contributed by atoms with van der Waals surface area (Å²) in [6.45, 7) is 1.92. The topological polar surface area (TPSA) is 78.0 Å². The lowest BCUT2D eigenvalue weighted by Gasteiger charge is -2.21. The van der Waals surface area contributed by atoms with Crippen LogP contribution in [0.15, 0.2) is 21.4 Å². The van der Waals surface area contributed by atoms with Crippen LogP contribution in [0.1, 0.15) is 49.5 Å². The highest BCUT2D eigenvalue weighted by Crippen LogP contribution is 2.31. The Bertz CT molecular complexity index is 908. The van der Waals surface area contributed by atoms with Gasteiger partial charge < -0.3 is 0 Å².